The van der Waals surface area contributed by atoms with Crippen LogP contribution >= 0.6 is 15.9 Å². The summed E-state index contributed by atoms with van der Waals surface area (Å²) in [7, 11) is 0. The Morgan fingerprint density at radius 1 is 1.00 bits per heavy atom. The standard InChI is InChI=1S/C16H25BrO2/c17-13-9-6-4-2-1-3-5-7-10-14-18-16-12-8-11-15-19-16/h1,3-4,6-7,10,16H,2,5,8-9,11-15H2. The van der Waals surface area contributed by atoms with E-state index in [-0.39, 0.29) is 6.29 Å². The smallest absolute Gasteiger partial charge is 0.157 e. The fraction of sp³-hybridized carbons (Fsp3) is 0.625. The second kappa shape index (κ2) is 12.6. The number of halogens is 1. The highest BCUT2D eigenvalue weighted by molar-refractivity contribution is 9.09. The molecule has 0 N–H and O–H groups in total. The summed E-state index contributed by atoms with van der Waals surface area (Å²) in [6.07, 6.45) is 19.5. The van der Waals surface area contributed by atoms with E-state index in [0.717, 1.165) is 37.6 Å². The quantitative estimate of drug-likeness (QED) is 0.448. The summed E-state index contributed by atoms with van der Waals surface area (Å²) >= 11 is 3.40. The predicted molar refractivity (Wildman–Crippen MR) is 84.6 cm³/mol. The van der Waals surface area contributed by atoms with E-state index in [1.54, 1.807) is 0 Å². The van der Waals surface area contributed by atoms with E-state index in [1.807, 2.05) is 0 Å². The number of hydrogen-bond donors (Lipinski definition) is 0. The summed E-state index contributed by atoms with van der Waals surface area (Å²) < 4.78 is 11.1. The van der Waals surface area contributed by atoms with Gasteiger partial charge in [-0.2, -0.15) is 0 Å². The third-order valence-electron chi connectivity index (χ3n) is 2.84. The maximum Gasteiger partial charge on any atom is 0.157 e. The van der Waals surface area contributed by atoms with Crippen LogP contribution in [-0.2, 0) is 9.47 Å². The molecule has 0 aromatic carbocycles. The van der Waals surface area contributed by atoms with Gasteiger partial charge in [0, 0.05) is 11.9 Å². The molecule has 0 aliphatic carbocycles. The van der Waals surface area contributed by atoms with Crippen molar-refractivity contribution in [2.75, 3.05) is 18.5 Å². The average Bonchev–Trinajstić information content (AvgIpc) is 2.46. The van der Waals surface area contributed by atoms with Crippen LogP contribution in [0.15, 0.2) is 36.5 Å². The number of hydrogen-bond acceptors (Lipinski definition) is 2. The number of rotatable bonds is 9. The average molecular weight is 329 g/mol. The first-order valence-electron chi connectivity index (χ1n) is 7.17. The Morgan fingerprint density at radius 3 is 2.42 bits per heavy atom. The van der Waals surface area contributed by atoms with E-state index >= 15 is 0 Å². The highest BCUT2D eigenvalue weighted by atomic mass is 79.9. The first kappa shape index (κ1) is 16.7. The molecular formula is C16H25BrO2. The topological polar surface area (TPSA) is 18.5 Å². The molecule has 19 heavy (non-hydrogen) atoms. The summed E-state index contributed by atoms with van der Waals surface area (Å²) in [5, 5.41) is 1.04. The lowest BCUT2D eigenvalue weighted by atomic mass is 10.2. The third kappa shape index (κ3) is 10.1. The van der Waals surface area contributed by atoms with Crippen LogP contribution in [0.2, 0.25) is 0 Å². The lowest BCUT2D eigenvalue weighted by molar-refractivity contribution is -0.155. The molecule has 1 unspecified atom stereocenters. The minimum absolute atomic E-state index is 0.0218. The van der Waals surface area contributed by atoms with Gasteiger partial charge in [0.05, 0.1) is 6.61 Å². The van der Waals surface area contributed by atoms with Crippen LogP contribution in [0.4, 0.5) is 0 Å². The first-order chi connectivity index (χ1) is 9.43. The van der Waals surface area contributed by atoms with Crippen LogP contribution in [0.25, 0.3) is 0 Å². The maximum atomic E-state index is 5.61. The molecule has 0 bridgehead atoms. The Hall–Kier alpha value is -0.380. The van der Waals surface area contributed by atoms with E-state index in [0.29, 0.717) is 6.61 Å². The third-order valence-corrected chi connectivity index (χ3v) is 3.29. The maximum absolute atomic E-state index is 5.61. The van der Waals surface area contributed by atoms with Crippen molar-refractivity contribution in [1.29, 1.82) is 0 Å². The molecule has 108 valence electrons. The highest BCUT2D eigenvalue weighted by Crippen LogP contribution is 2.13. The second-order valence-corrected chi connectivity index (χ2v) is 5.29. The van der Waals surface area contributed by atoms with Crippen molar-refractivity contribution < 1.29 is 9.47 Å². The van der Waals surface area contributed by atoms with Gasteiger partial charge in [-0.05, 0) is 38.5 Å². The predicted octanol–water partition coefficient (Wildman–Crippen LogP) is 4.76. The minimum atomic E-state index is 0.0218. The number of alkyl halides is 1. The minimum Gasteiger partial charge on any atom is -0.353 e. The molecule has 1 rings (SSSR count). The Kier molecular flexibility index (Phi) is 11.1. The summed E-state index contributed by atoms with van der Waals surface area (Å²) in [4.78, 5) is 0. The molecule has 0 saturated carbocycles. The van der Waals surface area contributed by atoms with Gasteiger partial charge < -0.3 is 9.47 Å². The molecule has 3 heteroatoms. The van der Waals surface area contributed by atoms with Gasteiger partial charge in [0.15, 0.2) is 6.29 Å². The van der Waals surface area contributed by atoms with Crippen molar-refractivity contribution in [3.05, 3.63) is 36.5 Å². The zero-order chi connectivity index (χ0) is 13.6. The molecular weight excluding hydrogens is 304 g/mol. The van der Waals surface area contributed by atoms with E-state index < -0.39 is 0 Å². The fourth-order valence-corrected chi connectivity index (χ4v) is 2.06. The van der Waals surface area contributed by atoms with Crippen LogP contribution in [0.1, 0.15) is 38.5 Å². The van der Waals surface area contributed by atoms with Gasteiger partial charge in [0.2, 0.25) is 0 Å². The van der Waals surface area contributed by atoms with Crippen molar-refractivity contribution in [2.24, 2.45) is 0 Å². The molecule has 0 spiro atoms. The molecule has 1 fully saturated rings. The Morgan fingerprint density at radius 2 is 1.74 bits per heavy atom. The van der Waals surface area contributed by atoms with Crippen LogP contribution in [0, 0.1) is 0 Å². The van der Waals surface area contributed by atoms with Crippen molar-refractivity contribution in [3.63, 3.8) is 0 Å². The van der Waals surface area contributed by atoms with E-state index in [4.69, 9.17) is 9.47 Å². The lowest BCUT2D eigenvalue weighted by Gasteiger charge is -2.21. The zero-order valence-corrected chi connectivity index (χ0v) is 13.2. The summed E-state index contributed by atoms with van der Waals surface area (Å²) in [6, 6.07) is 0. The Labute approximate surface area is 125 Å². The normalized spacial score (nSPS) is 21.0. The number of allylic oxidation sites excluding steroid dienone is 5. The summed E-state index contributed by atoms with van der Waals surface area (Å²) in [5.74, 6) is 0. The Bertz CT molecular complexity index is 278. The zero-order valence-electron chi connectivity index (χ0n) is 11.6. The van der Waals surface area contributed by atoms with E-state index in [9.17, 15) is 0 Å². The highest BCUT2D eigenvalue weighted by Gasteiger charge is 2.12. The molecule has 1 atom stereocenters. The SMILES string of the molecule is BrCCC=CCC=CCC=CCOC1CCCCO1. The van der Waals surface area contributed by atoms with Crippen molar-refractivity contribution in [2.45, 2.75) is 44.8 Å². The summed E-state index contributed by atoms with van der Waals surface area (Å²) in [5.41, 5.74) is 0. The molecule has 1 aliphatic rings. The van der Waals surface area contributed by atoms with Gasteiger partial charge >= 0.3 is 0 Å². The first-order valence-corrected chi connectivity index (χ1v) is 8.30. The monoisotopic (exact) mass is 328 g/mol. The second-order valence-electron chi connectivity index (χ2n) is 4.49. The van der Waals surface area contributed by atoms with Gasteiger partial charge in [-0.15, -0.1) is 0 Å². The molecule has 1 saturated heterocycles. The molecule has 0 radical (unpaired) electrons. The van der Waals surface area contributed by atoms with Gasteiger partial charge in [0.1, 0.15) is 0 Å². The molecule has 0 aromatic rings. The summed E-state index contributed by atoms with van der Waals surface area (Å²) in [6.45, 7) is 1.50. The molecule has 0 aromatic heterocycles. The van der Waals surface area contributed by atoms with Crippen LogP contribution in [0.3, 0.4) is 0 Å². The lowest BCUT2D eigenvalue weighted by Crippen LogP contribution is -2.22. The molecule has 0 amide bonds. The van der Waals surface area contributed by atoms with E-state index in [2.05, 4.69) is 52.4 Å². The van der Waals surface area contributed by atoms with Crippen molar-refractivity contribution in [1.82, 2.24) is 0 Å². The van der Waals surface area contributed by atoms with Crippen LogP contribution < -0.4 is 0 Å². The molecule has 1 heterocycles. The van der Waals surface area contributed by atoms with Gasteiger partial charge in [-0.1, -0.05) is 52.4 Å². The molecule has 2 nitrogen and oxygen atoms in total. The van der Waals surface area contributed by atoms with Crippen molar-refractivity contribution in [3.8, 4) is 0 Å². The van der Waals surface area contributed by atoms with E-state index in [1.165, 1.54) is 12.8 Å². The fourth-order valence-electron chi connectivity index (χ4n) is 1.80. The molecule has 1 aliphatic heterocycles. The largest absolute Gasteiger partial charge is 0.353 e. The van der Waals surface area contributed by atoms with Crippen LogP contribution in [-0.4, -0.2) is 24.8 Å². The van der Waals surface area contributed by atoms with Gasteiger partial charge in [0.25, 0.3) is 0 Å². The van der Waals surface area contributed by atoms with Gasteiger partial charge in [-0.25, -0.2) is 0 Å². The Balaban J connectivity index is 1.93. The van der Waals surface area contributed by atoms with Gasteiger partial charge in [-0.3, -0.25) is 0 Å². The van der Waals surface area contributed by atoms with Crippen molar-refractivity contribution >= 4 is 15.9 Å². The van der Waals surface area contributed by atoms with Crippen LogP contribution in [0.5, 0.6) is 0 Å². The number of ether oxygens (including phenoxy) is 2.